The van der Waals surface area contributed by atoms with Crippen molar-refractivity contribution in [2.75, 3.05) is 6.54 Å². The summed E-state index contributed by atoms with van der Waals surface area (Å²) in [7, 11) is 0. The quantitative estimate of drug-likeness (QED) is 0.720. The van der Waals surface area contributed by atoms with E-state index in [1.807, 2.05) is 12.1 Å². The Balaban J connectivity index is 1.73. The number of rotatable bonds is 2. The predicted octanol–water partition coefficient (Wildman–Crippen LogP) is 3.39. The van der Waals surface area contributed by atoms with Gasteiger partial charge in [0.1, 0.15) is 5.82 Å². The van der Waals surface area contributed by atoms with Crippen LogP contribution in [0.25, 0.3) is 11.0 Å². The number of halogens is 1. The zero-order chi connectivity index (χ0) is 17.4. The number of carbonyl (C=O) groups excluding carboxylic acids is 1. The van der Waals surface area contributed by atoms with E-state index in [0.29, 0.717) is 23.5 Å². The second kappa shape index (κ2) is 6.20. The molecule has 1 aliphatic heterocycles. The summed E-state index contributed by atoms with van der Waals surface area (Å²) in [4.78, 5) is 27.2. The monoisotopic (exact) mass is 336 g/mol. The van der Waals surface area contributed by atoms with Crippen molar-refractivity contribution in [1.82, 2.24) is 19.9 Å². The minimum Gasteiger partial charge on any atom is -0.331 e. The van der Waals surface area contributed by atoms with Crippen molar-refractivity contribution in [2.24, 2.45) is 5.92 Å². The van der Waals surface area contributed by atoms with E-state index in [1.165, 1.54) is 24.5 Å². The Hall–Kier alpha value is -2.89. The molecule has 126 valence electrons. The first-order valence-corrected chi connectivity index (χ1v) is 8.24. The van der Waals surface area contributed by atoms with E-state index in [-0.39, 0.29) is 17.5 Å². The second-order valence-corrected chi connectivity index (χ2v) is 6.48. The number of fused-ring (bicyclic) bond motifs is 1. The van der Waals surface area contributed by atoms with Crippen LogP contribution < -0.4 is 0 Å². The van der Waals surface area contributed by atoms with Gasteiger partial charge in [-0.2, -0.15) is 0 Å². The Morgan fingerprint density at radius 1 is 1.20 bits per heavy atom. The van der Waals surface area contributed by atoms with E-state index >= 15 is 0 Å². The van der Waals surface area contributed by atoms with E-state index in [9.17, 15) is 9.18 Å². The Morgan fingerprint density at radius 2 is 1.96 bits per heavy atom. The van der Waals surface area contributed by atoms with Gasteiger partial charge in [0, 0.05) is 37.4 Å². The molecule has 1 amide bonds. The normalized spacial score (nSPS) is 20.2. The summed E-state index contributed by atoms with van der Waals surface area (Å²) in [6, 6.07) is 6.48. The van der Waals surface area contributed by atoms with Crippen molar-refractivity contribution in [2.45, 2.75) is 19.4 Å². The number of hydrogen-bond donors (Lipinski definition) is 0. The van der Waals surface area contributed by atoms with E-state index < -0.39 is 5.82 Å². The molecule has 1 fully saturated rings. The first-order valence-electron chi connectivity index (χ1n) is 8.24. The molecule has 0 unspecified atom stereocenters. The number of hydrogen-bond acceptors (Lipinski definition) is 4. The summed E-state index contributed by atoms with van der Waals surface area (Å²) >= 11 is 0. The lowest BCUT2D eigenvalue weighted by molar-refractivity contribution is 0.0727. The fraction of sp³-hybridized carbons (Fsp3) is 0.263. The minimum absolute atomic E-state index is 0.0380. The molecule has 1 aromatic carbocycles. The van der Waals surface area contributed by atoms with E-state index in [1.54, 1.807) is 17.3 Å². The predicted molar refractivity (Wildman–Crippen MR) is 91.3 cm³/mol. The van der Waals surface area contributed by atoms with Gasteiger partial charge < -0.3 is 4.90 Å². The van der Waals surface area contributed by atoms with Gasteiger partial charge in [-0.3, -0.25) is 19.7 Å². The topological polar surface area (TPSA) is 59.0 Å². The average Bonchev–Trinajstić information content (AvgIpc) is 3.03. The van der Waals surface area contributed by atoms with Crippen molar-refractivity contribution in [3.63, 3.8) is 0 Å². The third-order valence-corrected chi connectivity index (χ3v) is 4.63. The van der Waals surface area contributed by atoms with Crippen LogP contribution in [0.4, 0.5) is 4.39 Å². The van der Waals surface area contributed by atoms with E-state index in [0.717, 1.165) is 12.0 Å². The molecule has 2 atom stereocenters. The van der Waals surface area contributed by atoms with E-state index in [2.05, 4.69) is 21.9 Å². The van der Waals surface area contributed by atoms with Crippen LogP contribution in [0.3, 0.4) is 0 Å². The van der Waals surface area contributed by atoms with E-state index in [4.69, 9.17) is 0 Å². The molecule has 1 saturated heterocycles. The highest BCUT2D eigenvalue weighted by Crippen LogP contribution is 2.36. The third kappa shape index (κ3) is 2.84. The molecule has 0 radical (unpaired) electrons. The lowest BCUT2D eigenvalue weighted by Crippen LogP contribution is -2.31. The lowest BCUT2D eigenvalue weighted by atomic mass is 10.0. The molecule has 1 aliphatic rings. The smallest absolute Gasteiger partial charge is 0.257 e. The molecule has 6 heteroatoms. The number of nitrogens with zero attached hydrogens (tertiary/aromatic N) is 4. The first kappa shape index (κ1) is 15.6. The van der Waals surface area contributed by atoms with Crippen LogP contribution in [-0.2, 0) is 0 Å². The van der Waals surface area contributed by atoms with Crippen molar-refractivity contribution < 1.29 is 9.18 Å². The molecular weight excluding hydrogens is 319 g/mol. The highest BCUT2D eigenvalue weighted by Gasteiger charge is 2.35. The maximum atomic E-state index is 14.5. The SMILES string of the molecule is C[C@@H]1C[C@H](c2cccnc2)N(C(=O)c2cc3nccnc3cc2F)C1. The zero-order valence-corrected chi connectivity index (χ0v) is 13.8. The number of pyridine rings is 1. The van der Waals surface area contributed by atoms with Gasteiger partial charge in [-0.15, -0.1) is 0 Å². The molecule has 3 aromatic rings. The van der Waals surface area contributed by atoms with Gasteiger partial charge in [-0.25, -0.2) is 4.39 Å². The van der Waals surface area contributed by atoms with Crippen molar-refractivity contribution >= 4 is 16.9 Å². The molecule has 0 N–H and O–H groups in total. The van der Waals surface area contributed by atoms with Crippen molar-refractivity contribution in [3.05, 3.63) is 66.0 Å². The van der Waals surface area contributed by atoms with Crippen LogP contribution in [0.5, 0.6) is 0 Å². The largest absolute Gasteiger partial charge is 0.331 e. The molecule has 0 bridgehead atoms. The highest BCUT2D eigenvalue weighted by atomic mass is 19.1. The number of likely N-dealkylation sites (tertiary alicyclic amines) is 1. The molecule has 0 aliphatic carbocycles. The van der Waals surface area contributed by atoms with Gasteiger partial charge in [0.15, 0.2) is 0 Å². The number of benzene rings is 1. The summed E-state index contributed by atoms with van der Waals surface area (Å²) in [5, 5.41) is 0. The highest BCUT2D eigenvalue weighted by molar-refractivity contribution is 5.98. The fourth-order valence-electron chi connectivity index (χ4n) is 3.46. The molecule has 4 rings (SSSR count). The zero-order valence-electron chi connectivity index (χ0n) is 13.8. The standard InChI is InChI=1S/C19H17FN4O/c1-12-7-18(13-3-2-4-21-10-13)24(11-12)19(25)14-8-16-17(9-15(14)20)23-6-5-22-16/h2-6,8-10,12,18H,7,11H2,1H3/t12-,18-/m1/s1. The molecule has 3 heterocycles. The summed E-state index contributed by atoms with van der Waals surface area (Å²) in [5.41, 5.74) is 1.96. The number of amides is 1. The molecule has 5 nitrogen and oxygen atoms in total. The van der Waals surface area contributed by atoms with Crippen LogP contribution in [0.15, 0.2) is 49.1 Å². The summed E-state index contributed by atoms with van der Waals surface area (Å²) in [5.74, 6) is -0.539. The van der Waals surface area contributed by atoms with Crippen LogP contribution in [0, 0.1) is 11.7 Å². The Morgan fingerprint density at radius 3 is 2.68 bits per heavy atom. The maximum Gasteiger partial charge on any atom is 0.257 e. The van der Waals surface area contributed by atoms with Gasteiger partial charge in [0.2, 0.25) is 0 Å². The number of carbonyl (C=O) groups is 1. The molecular formula is C19H17FN4O. The van der Waals surface area contributed by atoms with Crippen molar-refractivity contribution in [3.8, 4) is 0 Å². The molecule has 0 spiro atoms. The van der Waals surface area contributed by atoms with Gasteiger partial charge in [-0.05, 0) is 30.0 Å². The summed E-state index contributed by atoms with van der Waals surface area (Å²) in [6.45, 7) is 2.69. The minimum atomic E-state index is -0.567. The Kier molecular flexibility index (Phi) is 3.87. The van der Waals surface area contributed by atoms with Crippen LogP contribution in [0.2, 0.25) is 0 Å². The number of aromatic nitrogens is 3. The lowest BCUT2D eigenvalue weighted by Gasteiger charge is -2.25. The molecule has 0 saturated carbocycles. The van der Waals surface area contributed by atoms with Gasteiger partial charge in [0.05, 0.1) is 22.6 Å². The molecule has 2 aromatic heterocycles. The third-order valence-electron chi connectivity index (χ3n) is 4.63. The van der Waals surface area contributed by atoms with Gasteiger partial charge >= 0.3 is 0 Å². The van der Waals surface area contributed by atoms with Crippen LogP contribution >= 0.6 is 0 Å². The second-order valence-electron chi connectivity index (χ2n) is 6.48. The van der Waals surface area contributed by atoms with Gasteiger partial charge in [-0.1, -0.05) is 13.0 Å². The summed E-state index contributed by atoms with van der Waals surface area (Å²) in [6.07, 6.45) is 7.35. The maximum absolute atomic E-state index is 14.5. The Bertz CT molecular complexity index is 931. The first-order chi connectivity index (χ1) is 12.1. The molecule has 25 heavy (non-hydrogen) atoms. The van der Waals surface area contributed by atoms with Crippen LogP contribution in [-0.4, -0.2) is 32.3 Å². The van der Waals surface area contributed by atoms with Gasteiger partial charge in [0.25, 0.3) is 5.91 Å². The fourth-order valence-corrected chi connectivity index (χ4v) is 3.46. The van der Waals surface area contributed by atoms with Crippen LogP contribution in [0.1, 0.15) is 35.3 Å². The summed E-state index contributed by atoms with van der Waals surface area (Å²) < 4.78 is 14.5. The Labute approximate surface area is 144 Å². The van der Waals surface area contributed by atoms with Crippen molar-refractivity contribution in [1.29, 1.82) is 0 Å². The average molecular weight is 336 g/mol.